The fraction of sp³-hybridized carbons (Fsp3) is 0.588. The number of hydrogen-bond donors (Lipinski definition) is 2. The van der Waals surface area contributed by atoms with Gasteiger partial charge in [0.2, 0.25) is 5.91 Å². The number of rotatable bonds is 5. The van der Waals surface area contributed by atoms with Crippen LogP contribution in [0.3, 0.4) is 0 Å². The van der Waals surface area contributed by atoms with Gasteiger partial charge in [-0.05, 0) is 55.5 Å². The number of hydrogen-bond acceptors (Lipinski definition) is 3. The van der Waals surface area contributed by atoms with Gasteiger partial charge in [-0.25, -0.2) is 4.39 Å². The third kappa shape index (κ3) is 4.52. The minimum atomic E-state index is -0.234. The molecule has 5 heteroatoms. The van der Waals surface area contributed by atoms with Gasteiger partial charge >= 0.3 is 0 Å². The van der Waals surface area contributed by atoms with Crippen LogP contribution in [0.15, 0.2) is 18.2 Å². The third-order valence-electron chi connectivity index (χ3n) is 4.59. The zero-order valence-electron chi connectivity index (χ0n) is 13.4. The van der Waals surface area contributed by atoms with E-state index in [9.17, 15) is 9.18 Å². The van der Waals surface area contributed by atoms with Crippen molar-refractivity contribution >= 4 is 5.91 Å². The second-order valence-corrected chi connectivity index (χ2v) is 6.36. The molecule has 0 saturated carbocycles. The average molecular weight is 307 g/mol. The van der Waals surface area contributed by atoms with Crippen molar-refractivity contribution in [1.82, 2.24) is 10.2 Å². The average Bonchev–Trinajstić information content (AvgIpc) is 2.50. The number of amides is 1. The molecule has 1 aromatic carbocycles. The normalized spacial score (nSPS) is 22.5. The summed E-state index contributed by atoms with van der Waals surface area (Å²) in [5.74, 6) is 0.835. The first kappa shape index (κ1) is 16.9. The van der Waals surface area contributed by atoms with Crippen LogP contribution in [0.4, 0.5) is 4.39 Å². The van der Waals surface area contributed by atoms with Crippen molar-refractivity contribution in [2.75, 3.05) is 26.2 Å². The summed E-state index contributed by atoms with van der Waals surface area (Å²) >= 11 is 0. The number of nitrogens with two attached hydrogens (primary N) is 1. The van der Waals surface area contributed by atoms with Gasteiger partial charge in [-0.15, -0.1) is 0 Å². The Labute approximate surface area is 131 Å². The lowest BCUT2D eigenvalue weighted by Gasteiger charge is -2.36. The second-order valence-electron chi connectivity index (χ2n) is 6.36. The molecule has 0 aromatic heterocycles. The molecule has 22 heavy (non-hydrogen) atoms. The van der Waals surface area contributed by atoms with E-state index in [1.54, 1.807) is 13.0 Å². The molecule has 1 saturated heterocycles. The van der Waals surface area contributed by atoms with Gasteiger partial charge in [0, 0.05) is 13.1 Å². The topological polar surface area (TPSA) is 58.4 Å². The van der Waals surface area contributed by atoms with E-state index >= 15 is 0 Å². The molecular formula is C17H26FN3O. The first-order chi connectivity index (χ1) is 10.5. The van der Waals surface area contributed by atoms with Crippen molar-refractivity contribution in [1.29, 1.82) is 0 Å². The molecule has 122 valence electrons. The van der Waals surface area contributed by atoms with Gasteiger partial charge in [-0.1, -0.05) is 19.1 Å². The van der Waals surface area contributed by atoms with Crippen molar-refractivity contribution in [2.24, 2.45) is 17.6 Å². The Morgan fingerprint density at radius 2 is 2.27 bits per heavy atom. The number of carbonyl (C=O) groups is 1. The van der Waals surface area contributed by atoms with E-state index in [-0.39, 0.29) is 11.7 Å². The van der Waals surface area contributed by atoms with Gasteiger partial charge in [-0.3, -0.25) is 9.69 Å². The molecule has 1 aliphatic rings. The van der Waals surface area contributed by atoms with Crippen LogP contribution in [0.25, 0.3) is 0 Å². The predicted molar refractivity (Wildman–Crippen MR) is 85.7 cm³/mol. The number of carbonyl (C=O) groups excluding carboxylic acids is 1. The number of likely N-dealkylation sites (tertiary alicyclic amines) is 1. The monoisotopic (exact) mass is 307 g/mol. The molecule has 1 aliphatic heterocycles. The third-order valence-corrected chi connectivity index (χ3v) is 4.59. The second kappa shape index (κ2) is 7.70. The van der Waals surface area contributed by atoms with Crippen LogP contribution >= 0.6 is 0 Å². The molecule has 0 spiro atoms. The molecule has 2 rings (SSSR count). The van der Waals surface area contributed by atoms with Crippen LogP contribution in [0.2, 0.25) is 0 Å². The Hall–Kier alpha value is -1.46. The lowest BCUT2D eigenvalue weighted by molar-refractivity contribution is -0.123. The van der Waals surface area contributed by atoms with Crippen LogP contribution < -0.4 is 11.1 Å². The van der Waals surface area contributed by atoms with Gasteiger partial charge in [0.1, 0.15) is 5.82 Å². The summed E-state index contributed by atoms with van der Waals surface area (Å²) < 4.78 is 13.5. The standard InChI is InChI=1S/C17H26FN3O/c1-12-5-6-21(10-15(12)8-19)11-17(22)20-9-14-4-3-13(2)16(18)7-14/h3-4,7,12,15H,5-6,8-11,19H2,1-2H3,(H,20,22). The zero-order valence-corrected chi connectivity index (χ0v) is 13.4. The molecule has 3 N–H and O–H groups in total. The van der Waals surface area contributed by atoms with Crippen molar-refractivity contribution in [2.45, 2.75) is 26.8 Å². The van der Waals surface area contributed by atoms with Crippen LogP contribution in [0.5, 0.6) is 0 Å². The zero-order chi connectivity index (χ0) is 16.1. The number of benzene rings is 1. The summed E-state index contributed by atoms with van der Waals surface area (Å²) in [7, 11) is 0. The highest BCUT2D eigenvalue weighted by molar-refractivity contribution is 5.78. The van der Waals surface area contributed by atoms with Crippen LogP contribution in [0, 0.1) is 24.6 Å². The molecule has 1 heterocycles. The summed E-state index contributed by atoms with van der Waals surface area (Å²) in [5.41, 5.74) is 7.18. The highest BCUT2D eigenvalue weighted by Gasteiger charge is 2.25. The molecule has 2 unspecified atom stereocenters. The van der Waals surface area contributed by atoms with E-state index in [1.165, 1.54) is 6.07 Å². The number of halogens is 1. The minimum Gasteiger partial charge on any atom is -0.351 e. The first-order valence-corrected chi connectivity index (χ1v) is 7.93. The number of nitrogens with zero attached hydrogens (tertiary/aromatic N) is 1. The highest BCUT2D eigenvalue weighted by atomic mass is 19.1. The Morgan fingerprint density at radius 3 is 2.95 bits per heavy atom. The molecule has 0 radical (unpaired) electrons. The van der Waals surface area contributed by atoms with Gasteiger partial charge < -0.3 is 11.1 Å². The fourth-order valence-electron chi connectivity index (χ4n) is 2.88. The minimum absolute atomic E-state index is 0.0219. The summed E-state index contributed by atoms with van der Waals surface area (Å²) in [5, 5.41) is 2.86. The summed E-state index contributed by atoms with van der Waals surface area (Å²) in [6.07, 6.45) is 1.08. The van der Waals surface area contributed by atoms with E-state index < -0.39 is 0 Å². The van der Waals surface area contributed by atoms with E-state index in [0.717, 1.165) is 25.1 Å². The molecule has 4 nitrogen and oxygen atoms in total. The van der Waals surface area contributed by atoms with Crippen molar-refractivity contribution < 1.29 is 9.18 Å². The fourth-order valence-corrected chi connectivity index (χ4v) is 2.88. The maximum absolute atomic E-state index is 13.5. The van der Waals surface area contributed by atoms with Crippen LogP contribution in [0.1, 0.15) is 24.5 Å². The maximum atomic E-state index is 13.5. The molecule has 1 fully saturated rings. The van der Waals surface area contributed by atoms with E-state index in [2.05, 4.69) is 17.1 Å². The van der Waals surface area contributed by atoms with Crippen LogP contribution in [-0.4, -0.2) is 37.0 Å². The van der Waals surface area contributed by atoms with Gasteiger partial charge in [0.15, 0.2) is 0 Å². The van der Waals surface area contributed by atoms with Gasteiger partial charge in [0.25, 0.3) is 0 Å². The van der Waals surface area contributed by atoms with Crippen molar-refractivity contribution in [3.63, 3.8) is 0 Å². The molecule has 1 amide bonds. The molecule has 0 aliphatic carbocycles. The SMILES string of the molecule is Cc1ccc(CNC(=O)CN2CCC(C)C(CN)C2)cc1F. The first-order valence-electron chi connectivity index (χ1n) is 7.93. The molecular weight excluding hydrogens is 281 g/mol. The lowest BCUT2D eigenvalue weighted by atomic mass is 9.87. The maximum Gasteiger partial charge on any atom is 0.234 e. The molecule has 0 bridgehead atoms. The van der Waals surface area contributed by atoms with Gasteiger partial charge in [-0.2, -0.15) is 0 Å². The molecule has 1 aromatic rings. The van der Waals surface area contributed by atoms with Crippen molar-refractivity contribution in [3.05, 3.63) is 35.1 Å². The summed E-state index contributed by atoms with van der Waals surface area (Å²) in [4.78, 5) is 14.2. The Kier molecular flexibility index (Phi) is 5.91. The number of aryl methyl sites for hydroxylation is 1. The van der Waals surface area contributed by atoms with E-state index in [4.69, 9.17) is 5.73 Å². The highest BCUT2D eigenvalue weighted by Crippen LogP contribution is 2.21. The van der Waals surface area contributed by atoms with E-state index in [0.29, 0.717) is 37.0 Å². The van der Waals surface area contributed by atoms with E-state index in [1.807, 2.05) is 6.07 Å². The molecule has 2 atom stereocenters. The smallest absolute Gasteiger partial charge is 0.234 e. The van der Waals surface area contributed by atoms with Crippen LogP contribution in [-0.2, 0) is 11.3 Å². The Balaban J connectivity index is 1.79. The quantitative estimate of drug-likeness (QED) is 0.870. The Bertz CT molecular complexity index is 521. The summed E-state index contributed by atoms with van der Waals surface area (Å²) in [6, 6.07) is 5.04. The van der Waals surface area contributed by atoms with Crippen molar-refractivity contribution in [3.8, 4) is 0 Å². The number of piperidine rings is 1. The largest absolute Gasteiger partial charge is 0.351 e. The number of nitrogens with one attached hydrogen (secondary N) is 1. The van der Waals surface area contributed by atoms with Gasteiger partial charge in [0.05, 0.1) is 6.54 Å². The Morgan fingerprint density at radius 1 is 1.50 bits per heavy atom. The predicted octanol–water partition coefficient (Wildman–Crippen LogP) is 1.67. The summed E-state index contributed by atoms with van der Waals surface area (Å²) in [6.45, 7) is 7.18. The lowest BCUT2D eigenvalue weighted by Crippen LogP contribution is -2.46.